The van der Waals surface area contributed by atoms with Crippen molar-refractivity contribution in [3.05, 3.63) is 39.5 Å². The van der Waals surface area contributed by atoms with E-state index in [0.717, 1.165) is 6.42 Å². The third-order valence-electron chi connectivity index (χ3n) is 5.76. The molecule has 0 aliphatic carbocycles. The molecule has 3 unspecified atom stereocenters. The SMILES string of the molecule is COC1CCN(c2ccc3c(c2)OC2C(CNC(=O)c4ccc(Cl)s4)OC(=O)N32)C(=O)C1. The number of rotatable bonds is 5. The number of hydrogen-bond donors (Lipinski definition) is 1. The van der Waals surface area contributed by atoms with Gasteiger partial charge in [-0.05, 0) is 30.7 Å². The van der Waals surface area contributed by atoms with Gasteiger partial charge in [-0.25, -0.2) is 9.69 Å². The topological polar surface area (TPSA) is 97.4 Å². The summed E-state index contributed by atoms with van der Waals surface area (Å²) in [6, 6.07) is 8.58. The van der Waals surface area contributed by atoms with Crippen molar-refractivity contribution in [2.24, 2.45) is 0 Å². The van der Waals surface area contributed by atoms with Gasteiger partial charge in [-0.15, -0.1) is 11.3 Å². The summed E-state index contributed by atoms with van der Waals surface area (Å²) < 4.78 is 17.2. The summed E-state index contributed by atoms with van der Waals surface area (Å²) in [5.41, 5.74) is 1.28. The molecule has 4 heterocycles. The maximum absolute atomic E-state index is 12.5. The summed E-state index contributed by atoms with van der Waals surface area (Å²) >= 11 is 7.05. The van der Waals surface area contributed by atoms with Crippen molar-refractivity contribution in [3.63, 3.8) is 0 Å². The molecule has 168 valence electrons. The van der Waals surface area contributed by atoms with Crippen LogP contribution in [-0.4, -0.2) is 56.5 Å². The van der Waals surface area contributed by atoms with E-state index in [1.807, 2.05) is 0 Å². The lowest BCUT2D eigenvalue weighted by Gasteiger charge is -2.31. The number of piperidine rings is 1. The van der Waals surface area contributed by atoms with E-state index in [1.54, 1.807) is 42.3 Å². The molecule has 2 aromatic rings. The van der Waals surface area contributed by atoms with Crippen molar-refractivity contribution in [1.29, 1.82) is 0 Å². The van der Waals surface area contributed by atoms with Crippen molar-refractivity contribution in [2.45, 2.75) is 31.3 Å². The van der Waals surface area contributed by atoms with E-state index < -0.39 is 18.4 Å². The normalized spacial score (nSPS) is 24.1. The van der Waals surface area contributed by atoms with Gasteiger partial charge in [0.25, 0.3) is 5.91 Å². The molecular weight excluding hydrogens is 458 g/mol. The average Bonchev–Trinajstić information content (AvgIpc) is 3.46. The molecule has 9 nitrogen and oxygen atoms in total. The van der Waals surface area contributed by atoms with Crippen LogP contribution in [0.3, 0.4) is 0 Å². The Morgan fingerprint density at radius 2 is 2.12 bits per heavy atom. The van der Waals surface area contributed by atoms with E-state index in [2.05, 4.69) is 5.32 Å². The molecule has 1 aromatic carbocycles. The molecule has 0 radical (unpaired) electrons. The third-order valence-corrected chi connectivity index (χ3v) is 6.99. The molecule has 3 aliphatic rings. The molecule has 2 saturated heterocycles. The molecule has 3 atom stereocenters. The molecular formula is C21H20ClN3O6S. The van der Waals surface area contributed by atoms with Crippen molar-refractivity contribution in [3.8, 4) is 5.75 Å². The van der Waals surface area contributed by atoms with Gasteiger partial charge in [0.1, 0.15) is 5.75 Å². The molecule has 0 saturated carbocycles. The number of ether oxygens (including phenoxy) is 3. The highest BCUT2D eigenvalue weighted by atomic mass is 35.5. The number of carbonyl (C=O) groups is 3. The smallest absolute Gasteiger partial charge is 0.418 e. The zero-order valence-electron chi connectivity index (χ0n) is 17.1. The molecule has 3 amide bonds. The summed E-state index contributed by atoms with van der Waals surface area (Å²) in [7, 11) is 1.61. The van der Waals surface area contributed by atoms with E-state index in [9.17, 15) is 14.4 Å². The lowest BCUT2D eigenvalue weighted by atomic mass is 10.1. The molecule has 1 aromatic heterocycles. The zero-order chi connectivity index (χ0) is 22.4. The Morgan fingerprint density at radius 3 is 2.84 bits per heavy atom. The van der Waals surface area contributed by atoms with Crippen LogP contribution in [0.1, 0.15) is 22.5 Å². The molecule has 1 N–H and O–H groups in total. The predicted octanol–water partition coefficient (Wildman–Crippen LogP) is 3.02. The number of anilines is 2. The Hall–Kier alpha value is -2.82. The molecule has 11 heteroatoms. The van der Waals surface area contributed by atoms with Gasteiger partial charge in [0.15, 0.2) is 6.10 Å². The van der Waals surface area contributed by atoms with Crippen molar-refractivity contribution in [1.82, 2.24) is 5.32 Å². The Bertz CT molecular complexity index is 1090. The first-order chi connectivity index (χ1) is 15.4. The number of amides is 3. The van der Waals surface area contributed by atoms with Gasteiger partial charge in [0.2, 0.25) is 12.1 Å². The fourth-order valence-electron chi connectivity index (χ4n) is 4.11. The minimum Gasteiger partial charge on any atom is -0.464 e. The van der Waals surface area contributed by atoms with Crippen LogP contribution in [0.2, 0.25) is 4.34 Å². The highest BCUT2D eigenvalue weighted by molar-refractivity contribution is 7.18. The summed E-state index contributed by atoms with van der Waals surface area (Å²) in [6.45, 7) is 0.637. The second kappa shape index (κ2) is 8.27. The van der Waals surface area contributed by atoms with Crippen molar-refractivity contribution in [2.75, 3.05) is 30.0 Å². The summed E-state index contributed by atoms with van der Waals surface area (Å²) in [6.07, 6.45) is -0.917. The third kappa shape index (κ3) is 3.68. The van der Waals surface area contributed by atoms with Crippen LogP contribution in [0.4, 0.5) is 16.2 Å². The lowest BCUT2D eigenvalue weighted by Crippen LogP contribution is -2.42. The molecule has 2 fully saturated rings. The highest BCUT2D eigenvalue weighted by Gasteiger charge is 2.50. The van der Waals surface area contributed by atoms with Gasteiger partial charge in [0.05, 0.1) is 34.0 Å². The maximum atomic E-state index is 12.5. The van der Waals surface area contributed by atoms with Crippen LogP contribution in [0, 0.1) is 0 Å². The summed E-state index contributed by atoms with van der Waals surface area (Å²) in [4.78, 5) is 40.9. The van der Waals surface area contributed by atoms with E-state index in [0.29, 0.717) is 39.3 Å². The van der Waals surface area contributed by atoms with Gasteiger partial charge in [0, 0.05) is 25.4 Å². The van der Waals surface area contributed by atoms with E-state index in [-0.39, 0.29) is 24.5 Å². The number of fused-ring (bicyclic) bond motifs is 3. The maximum Gasteiger partial charge on any atom is 0.418 e. The van der Waals surface area contributed by atoms with Gasteiger partial charge >= 0.3 is 6.09 Å². The number of nitrogens with one attached hydrogen (secondary N) is 1. The van der Waals surface area contributed by atoms with Gasteiger partial charge < -0.3 is 24.4 Å². The van der Waals surface area contributed by atoms with Crippen LogP contribution in [0.15, 0.2) is 30.3 Å². The van der Waals surface area contributed by atoms with Crippen LogP contribution in [-0.2, 0) is 14.3 Å². The highest BCUT2D eigenvalue weighted by Crippen LogP contribution is 2.44. The van der Waals surface area contributed by atoms with Crippen molar-refractivity contribution < 1.29 is 28.6 Å². The number of thiophene rings is 1. The summed E-state index contributed by atoms with van der Waals surface area (Å²) in [5, 5.41) is 2.76. The van der Waals surface area contributed by atoms with Crippen LogP contribution in [0.25, 0.3) is 0 Å². The van der Waals surface area contributed by atoms with Crippen LogP contribution in [0.5, 0.6) is 5.75 Å². The summed E-state index contributed by atoms with van der Waals surface area (Å²) in [5.74, 6) is 0.176. The lowest BCUT2D eigenvalue weighted by molar-refractivity contribution is -0.122. The Morgan fingerprint density at radius 1 is 1.28 bits per heavy atom. The van der Waals surface area contributed by atoms with Gasteiger partial charge in [-0.2, -0.15) is 0 Å². The largest absolute Gasteiger partial charge is 0.464 e. The first-order valence-electron chi connectivity index (χ1n) is 10.1. The predicted molar refractivity (Wildman–Crippen MR) is 118 cm³/mol. The number of hydrogen-bond acceptors (Lipinski definition) is 7. The molecule has 0 spiro atoms. The number of halogens is 1. The fraction of sp³-hybridized carbons (Fsp3) is 0.381. The van der Waals surface area contributed by atoms with E-state index in [1.165, 1.54) is 16.2 Å². The number of carbonyl (C=O) groups excluding carboxylic acids is 3. The molecule has 0 bridgehead atoms. The number of methoxy groups -OCH3 is 1. The molecule has 3 aliphatic heterocycles. The first-order valence-corrected chi connectivity index (χ1v) is 11.3. The van der Waals surface area contributed by atoms with Gasteiger partial charge in [-0.3, -0.25) is 9.59 Å². The second-order valence-electron chi connectivity index (χ2n) is 7.66. The quantitative estimate of drug-likeness (QED) is 0.711. The van der Waals surface area contributed by atoms with E-state index in [4.69, 9.17) is 25.8 Å². The van der Waals surface area contributed by atoms with Crippen molar-refractivity contribution >= 4 is 52.2 Å². The standard InChI is InChI=1S/C21H20ClN3O6S/c1-29-12-6-7-24(18(26)9-12)11-2-3-13-14(8-11)30-20-15(31-21(28)25(13)20)10-23-19(27)16-4-5-17(22)32-16/h2-5,8,12,15,20H,6-7,9-10H2,1H3,(H,23,27). The zero-order valence-corrected chi connectivity index (χ0v) is 18.6. The average molecular weight is 478 g/mol. The first kappa shape index (κ1) is 21.0. The second-order valence-corrected chi connectivity index (χ2v) is 9.38. The minimum atomic E-state index is -0.699. The van der Waals surface area contributed by atoms with Crippen LogP contribution < -0.4 is 19.9 Å². The van der Waals surface area contributed by atoms with Gasteiger partial charge in [-0.1, -0.05) is 11.6 Å². The van der Waals surface area contributed by atoms with E-state index >= 15 is 0 Å². The molecule has 32 heavy (non-hydrogen) atoms. The number of nitrogens with zero attached hydrogens (tertiary/aromatic N) is 2. The minimum absolute atomic E-state index is 0.0183. The Kier molecular flexibility index (Phi) is 5.44. The number of cyclic esters (lactones) is 1. The monoisotopic (exact) mass is 477 g/mol. The number of benzene rings is 1. The Balaban J connectivity index is 1.28. The Labute approximate surface area is 192 Å². The molecule has 5 rings (SSSR count). The fourth-order valence-corrected chi connectivity index (χ4v) is 5.07. The van der Waals surface area contributed by atoms with Crippen LogP contribution >= 0.6 is 22.9 Å².